The number of aryl methyl sites for hydroxylation is 1. The van der Waals surface area contributed by atoms with E-state index in [2.05, 4.69) is 36.9 Å². The third-order valence-corrected chi connectivity index (χ3v) is 9.30. The maximum atomic E-state index is 13.1. The van der Waals surface area contributed by atoms with Crippen LogP contribution in [0.3, 0.4) is 0 Å². The average molecular weight is 534 g/mol. The Morgan fingerprint density at radius 2 is 1.85 bits per heavy atom. The van der Waals surface area contributed by atoms with Gasteiger partial charge in [-0.2, -0.15) is 0 Å². The van der Waals surface area contributed by atoms with Crippen LogP contribution in [0.15, 0.2) is 39.0 Å². The molecule has 11 heteroatoms. The number of hydrogen-bond acceptors (Lipinski definition) is 8. The highest BCUT2D eigenvalue weighted by atomic mass is 32.2. The first-order valence-electron chi connectivity index (χ1n) is 10.8. The standard InChI is InChI=1S/C23H23N3O4S4/c1-4-13-7-8-15-14(11-13)24(5-2)17(32-15)10-9-16-20(29)25(6-3)22(33-16)19-21(30)26(12-18(27)28)23(31)34-19/h7-11H,4-6,12H2,1-3H3,(H,27,28)/b16-9+,17-10-,22-19-. The van der Waals surface area contributed by atoms with Crippen molar-refractivity contribution >= 4 is 79.9 Å². The lowest BCUT2D eigenvalue weighted by atomic mass is 10.1. The number of rotatable bonds is 6. The Labute approximate surface area is 214 Å². The summed E-state index contributed by atoms with van der Waals surface area (Å²) in [6.07, 6.45) is 4.73. The first-order valence-corrected chi connectivity index (χ1v) is 13.6. The summed E-state index contributed by atoms with van der Waals surface area (Å²) in [5, 5.41) is 10.1. The lowest BCUT2D eigenvalue weighted by Gasteiger charge is -2.18. The van der Waals surface area contributed by atoms with E-state index in [9.17, 15) is 14.4 Å². The van der Waals surface area contributed by atoms with E-state index in [1.807, 2.05) is 13.0 Å². The van der Waals surface area contributed by atoms with Gasteiger partial charge in [-0.3, -0.25) is 23.9 Å². The van der Waals surface area contributed by atoms with Crippen molar-refractivity contribution in [3.05, 3.63) is 54.4 Å². The minimum atomic E-state index is -1.14. The van der Waals surface area contributed by atoms with E-state index >= 15 is 0 Å². The summed E-state index contributed by atoms with van der Waals surface area (Å²) < 4.78 is 2.74. The Morgan fingerprint density at radius 3 is 2.50 bits per heavy atom. The second-order valence-electron chi connectivity index (χ2n) is 7.48. The Bertz CT molecular complexity index is 1410. The van der Waals surface area contributed by atoms with Crippen molar-refractivity contribution in [2.75, 3.05) is 18.0 Å². The second-order valence-corrected chi connectivity index (χ2v) is 11.2. The molecule has 0 atom stereocenters. The third kappa shape index (κ3) is 4.49. The van der Waals surface area contributed by atoms with Gasteiger partial charge in [-0.05, 0) is 50.1 Å². The van der Waals surface area contributed by atoms with Crippen LogP contribution in [-0.4, -0.2) is 43.9 Å². The number of hydrogen-bond donors (Lipinski definition) is 1. The van der Waals surface area contributed by atoms with Crippen LogP contribution in [0.2, 0.25) is 0 Å². The number of aromatic nitrogens is 1. The van der Waals surface area contributed by atoms with Crippen molar-refractivity contribution in [3.8, 4) is 0 Å². The molecular formula is C23H23N3O4S4. The maximum Gasteiger partial charge on any atom is 0.323 e. The smallest absolute Gasteiger partial charge is 0.323 e. The van der Waals surface area contributed by atoms with Crippen molar-refractivity contribution in [3.63, 3.8) is 0 Å². The number of amides is 1. The van der Waals surface area contributed by atoms with Crippen LogP contribution in [0, 0.1) is 0 Å². The minimum absolute atomic E-state index is 0.181. The van der Waals surface area contributed by atoms with E-state index in [1.54, 1.807) is 22.4 Å². The fourth-order valence-electron chi connectivity index (χ4n) is 3.75. The molecule has 2 aromatic rings. The van der Waals surface area contributed by atoms with Gasteiger partial charge in [-0.1, -0.05) is 48.7 Å². The number of thioether (sulfide) groups is 2. The summed E-state index contributed by atoms with van der Waals surface area (Å²) >= 11 is 9.15. The molecule has 0 radical (unpaired) electrons. The number of benzene rings is 1. The quantitative estimate of drug-likeness (QED) is 0.568. The lowest BCUT2D eigenvalue weighted by molar-refractivity contribution is -0.140. The molecule has 0 saturated carbocycles. The molecule has 1 fully saturated rings. The van der Waals surface area contributed by atoms with Crippen molar-refractivity contribution in [1.82, 2.24) is 9.47 Å². The number of thiazole rings is 1. The number of carboxylic acids is 1. The van der Waals surface area contributed by atoms with Gasteiger partial charge in [0.15, 0.2) is 0 Å². The predicted molar refractivity (Wildman–Crippen MR) is 144 cm³/mol. The molecule has 7 nitrogen and oxygen atoms in total. The van der Waals surface area contributed by atoms with Crippen LogP contribution >= 0.6 is 47.1 Å². The SMILES string of the molecule is CCc1ccc2c(c1)N(CC)/C(=C/C=c1/s/c(=C3\SC(=S)N(CC(=O)O)C3=O)n(CC)c1=O)S2. The molecule has 0 spiro atoms. The molecule has 1 aromatic carbocycles. The number of carbonyl (C=O) groups excluding carboxylic acids is 1. The topological polar surface area (TPSA) is 82.8 Å². The monoisotopic (exact) mass is 533 g/mol. The lowest BCUT2D eigenvalue weighted by Crippen LogP contribution is -2.35. The fraction of sp³-hybridized carbons (Fsp3) is 0.304. The number of anilines is 1. The number of carbonyl (C=O) groups is 2. The van der Waals surface area contributed by atoms with Gasteiger partial charge in [0.1, 0.15) is 20.4 Å². The molecular weight excluding hydrogens is 511 g/mol. The summed E-state index contributed by atoms with van der Waals surface area (Å²) in [5.41, 5.74) is 2.28. The van der Waals surface area contributed by atoms with E-state index in [-0.39, 0.29) is 9.88 Å². The number of thiocarbonyl (C=S) groups is 1. The highest BCUT2D eigenvalue weighted by Gasteiger charge is 2.35. The van der Waals surface area contributed by atoms with Crippen LogP contribution in [0.1, 0.15) is 26.3 Å². The van der Waals surface area contributed by atoms with Crippen molar-refractivity contribution < 1.29 is 14.7 Å². The highest BCUT2D eigenvalue weighted by molar-refractivity contribution is 8.30. The van der Waals surface area contributed by atoms with Crippen LogP contribution in [-0.2, 0) is 22.6 Å². The van der Waals surface area contributed by atoms with Gasteiger partial charge in [0.25, 0.3) is 11.5 Å². The van der Waals surface area contributed by atoms with Crippen molar-refractivity contribution in [2.24, 2.45) is 0 Å². The zero-order valence-electron chi connectivity index (χ0n) is 18.9. The first-order chi connectivity index (χ1) is 16.3. The third-order valence-electron chi connectivity index (χ3n) is 5.46. The molecule has 0 aliphatic carbocycles. The van der Waals surface area contributed by atoms with Crippen molar-refractivity contribution in [1.29, 1.82) is 0 Å². The molecule has 2 aliphatic heterocycles. The summed E-state index contributed by atoms with van der Waals surface area (Å²) in [4.78, 5) is 41.8. The van der Waals surface area contributed by atoms with Gasteiger partial charge >= 0.3 is 5.97 Å². The number of aliphatic carboxylic acids is 1. The molecule has 4 rings (SSSR count). The summed E-state index contributed by atoms with van der Waals surface area (Å²) in [6.45, 7) is 6.77. The Hall–Kier alpha value is -2.34. The Morgan fingerprint density at radius 1 is 1.09 bits per heavy atom. The zero-order valence-corrected chi connectivity index (χ0v) is 22.1. The summed E-state index contributed by atoms with van der Waals surface area (Å²) in [7, 11) is 0. The summed E-state index contributed by atoms with van der Waals surface area (Å²) in [5.74, 6) is -1.62. The molecule has 0 unspecified atom stereocenters. The normalized spacial score (nSPS) is 19.0. The fourth-order valence-corrected chi connectivity index (χ4v) is 7.38. The number of fused-ring (bicyclic) bond motifs is 1. The number of nitrogens with zero attached hydrogens (tertiary/aromatic N) is 3. The van der Waals surface area contributed by atoms with Crippen molar-refractivity contribution in [2.45, 2.75) is 38.6 Å². The second kappa shape index (κ2) is 10.1. The predicted octanol–water partition coefficient (Wildman–Crippen LogP) is 2.80. The van der Waals surface area contributed by atoms with Gasteiger partial charge in [0.2, 0.25) is 0 Å². The van der Waals surface area contributed by atoms with Crippen LogP contribution in [0.4, 0.5) is 5.69 Å². The number of carboxylic acid groups (broad SMARTS) is 1. The van der Waals surface area contributed by atoms with E-state index in [0.717, 1.165) is 34.7 Å². The van der Waals surface area contributed by atoms with Gasteiger partial charge in [0.05, 0.1) is 15.2 Å². The molecule has 1 aromatic heterocycles. The molecule has 0 bridgehead atoms. The molecule has 34 heavy (non-hydrogen) atoms. The van der Waals surface area contributed by atoms with Crippen LogP contribution < -0.4 is 19.7 Å². The molecule has 2 aliphatic rings. The number of allylic oxidation sites excluding steroid dienone is 1. The Balaban J connectivity index is 1.77. The average Bonchev–Trinajstić information content (AvgIpc) is 3.42. The van der Waals surface area contributed by atoms with E-state index in [4.69, 9.17) is 17.3 Å². The summed E-state index contributed by atoms with van der Waals surface area (Å²) in [6, 6.07) is 6.50. The first kappa shape index (κ1) is 24.8. The minimum Gasteiger partial charge on any atom is -0.480 e. The highest BCUT2D eigenvalue weighted by Crippen LogP contribution is 2.46. The van der Waals surface area contributed by atoms with Crippen LogP contribution in [0.5, 0.6) is 0 Å². The largest absolute Gasteiger partial charge is 0.480 e. The molecule has 1 N–H and O–H groups in total. The van der Waals surface area contributed by atoms with E-state index in [1.165, 1.54) is 27.5 Å². The zero-order chi connectivity index (χ0) is 24.6. The maximum absolute atomic E-state index is 13.1. The molecule has 3 heterocycles. The van der Waals surface area contributed by atoms with Crippen LogP contribution in [0.25, 0.3) is 11.0 Å². The van der Waals surface area contributed by atoms with Gasteiger partial charge in [0, 0.05) is 18.0 Å². The molecule has 1 saturated heterocycles. The van der Waals surface area contributed by atoms with E-state index in [0.29, 0.717) is 20.6 Å². The van der Waals surface area contributed by atoms with Gasteiger partial charge < -0.3 is 10.0 Å². The van der Waals surface area contributed by atoms with Gasteiger partial charge in [-0.15, -0.1) is 11.3 Å². The Kier molecular flexibility index (Phi) is 7.36. The van der Waals surface area contributed by atoms with E-state index < -0.39 is 18.4 Å². The molecule has 1 amide bonds. The molecule has 178 valence electrons. The van der Waals surface area contributed by atoms with Gasteiger partial charge in [-0.25, -0.2) is 0 Å².